The van der Waals surface area contributed by atoms with Gasteiger partial charge >= 0.3 is 0 Å². The third-order valence-corrected chi connectivity index (χ3v) is 3.77. The number of aromatic nitrogens is 1. The topological polar surface area (TPSA) is 66.6 Å². The van der Waals surface area contributed by atoms with Gasteiger partial charge < -0.3 is 19.9 Å². The first-order chi connectivity index (χ1) is 9.24. The van der Waals surface area contributed by atoms with Crippen molar-refractivity contribution in [3.63, 3.8) is 0 Å². The molecule has 0 spiro atoms. The van der Waals surface area contributed by atoms with E-state index in [1.807, 2.05) is 0 Å². The van der Waals surface area contributed by atoms with Crippen LogP contribution in [0.5, 0.6) is 11.5 Å². The summed E-state index contributed by atoms with van der Waals surface area (Å²) in [5, 5.41) is 0. The lowest BCUT2D eigenvalue weighted by Crippen LogP contribution is -2.37. The van der Waals surface area contributed by atoms with Crippen molar-refractivity contribution in [2.45, 2.75) is 37.9 Å². The first-order valence-corrected chi connectivity index (χ1v) is 6.64. The van der Waals surface area contributed by atoms with Crippen LogP contribution < -0.4 is 15.2 Å². The van der Waals surface area contributed by atoms with Gasteiger partial charge in [0.05, 0.1) is 26.4 Å². The van der Waals surface area contributed by atoms with Crippen LogP contribution in [0.4, 0.5) is 0 Å². The highest BCUT2D eigenvalue weighted by Gasteiger charge is 2.33. The summed E-state index contributed by atoms with van der Waals surface area (Å²) in [5.74, 6) is 1.31. The van der Waals surface area contributed by atoms with Gasteiger partial charge in [0.1, 0.15) is 5.69 Å². The molecule has 2 rings (SSSR count). The molecule has 0 aliphatic heterocycles. The van der Waals surface area contributed by atoms with Crippen molar-refractivity contribution in [3.8, 4) is 11.5 Å². The molecule has 5 heteroatoms. The van der Waals surface area contributed by atoms with E-state index in [0.29, 0.717) is 24.7 Å². The standard InChI is InChI=1S/C14H22N2O3/c1-17-12-5-8-16-11(13(12)18-2)9-19-14(10-15)6-3-4-7-14/h5,8H,3-4,6-7,9-10,15H2,1-2H3. The van der Waals surface area contributed by atoms with E-state index in [4.69, 9.17) is 19.9 Å². The van der Waals surface area contributed by atoms with Crippen LogP contribution in [0.25, 0.3) is 0 Å². The first-order valence-electron chi connectivity index (χ1n) is 6.64. The fraction of sp³-hybridized carbons (Fsp3) is 0.643. The fourth-order valence-corrected chi connectivity index (χ4v) is 2.60. The smallest absolute Gasteiger partial charge is 0.184 e. The third-order valence-electron chi connectivity index (χ3n) is 3.77. The molecule has 1 saturated carbocycles. The van der Waals surface area contributed by atoms with Crippen molar-refractivity contribution in [3.05, 3.63) is 18.0 Å². The number of hydrogen-bond donors (Lipinski definition) is 1. The largest absolute Gasteiger partial charge is 0.493 e. The Bertz CT molecular complexity index is 417. The van der Waals surface area contributed by atoms with E-state index in [2.05, 4.69) is 4.98 Å². The Morgan fingerprint density at radius 3 is 2.58 bits per heavy atom. The van der Waals surface area contributed by atoms with Gasteiger partial charge in [-0.05, 0) is 12.8 Å². The zero-order valence-corrected chi connectivity index (χ0v) is 11.6. The average Bonchev–Trinajstić information content (AvgIpc) is 2.94. The molecule has 1 aromatic rings. The number of nitrogens with two attached hydrogens (primary N) is 1. The van der Waals surface area contributed by atoms with Crippen LogP contribution >= 0.6 is 0 Å². The van der Waals surface area contributed by atoms with Gasteiger partial charge in [0.15, 0.2) is 11.5 Å². The van der Waals surface area contributed by atoms with E-state index in [9.17, 15) is 0 Å². The SMILES string of the molecule is COc1ccnc(COC2(CN)CCCC2)c1OC. The van der Waals surface area contributed by atoms with Crippen LogP contribution in [0.1, 0.15) is 31.4 Å². The van der Waals surface area contributed by atoms with E-state index in [0.717, 1.165) is 18.5 Å². The van der Waals surface area contributed by atoms with Gasteiger partial charge in [-0.25, -0.2) is 0 Å². The highest BCUT2D eigenvalue weighted by atomic mass is 16.5. The summed E-state index contributed by atoms with van der Waals surface area (Å²) >= 11 is 0. The second-order valence-corrected chi connectivity index (χ2v) is 4.88. The molecule has 0 amide bonds. The zero-order valence-electron chi connectivity index (χ0n) is 11.6. The second-order valence-electron chi connectivity index (χ2n) is 4.88. The zero-order chi connectivity index (χ0) is 13.7. The molecule has 0 bridgehead atoms. The summed E-state index contributed by atoms with van der Waals surface area (Å²) in [5.41, 5.74) is 6.42. The summed E-state index contributed by atoms with van der Waals surface area (Å²) in [6, 6.07) is 1.77. The maximum Gasteiger partial charge on any atom is 0.184 e. The highest BCUT2D eigenvalue weighted by Crippen LogP contribution is 2.35. The van der Waals surface area contributed by atoms with Gasteiger partial charge in [0.2, 0.25) is 0 Å². The van der Waals surface area contributed by atoms with E-state index >= 15 is 0 Å². The Morgan fingerprint density at radius 2 is 2.00 bits per heavy atom. The van der Waals surface area contributed by atoms with Crippen molar-refractivity contribution < 1.29 is 14.2 Å². The lowest BCUT2D eigenvalue weighted by atomic mass is 10.0. The molecule has 1 aliphatic carbocycles. The monoisotopic (exact) mass is 266 g/mol. The number of rotatable bonds is 6. The van der Waals surface area contributed by atoms with E-state index in [1.54, 1.807) is 26.5 Å². The molecule has 0 unspecified atom stereocenters. The highest BCUT2D eigenvalue weighted by molar-refractivity contribution is 5.42. The molecule has 5 nitrogen and oxygen atoms in total. The molecule has 1 aromatic heterocycles. The van der Waals surface area contributed by atoms with Crippen molar-refractivity contribution in [1.82, 2.24) is 4.98 Å². The van der Waals surface area contributed by atoms with Gasteiger partial charge in [-0.1, -0.05) is 12.8 Å². The second kappa shape index (κ2) is 6.21. The van der Waals surface area contributed by atoms with Crippen molar-refractivity contribution in [1.29, 1.82) is 0 Å². The molecule has 1 heterocycles. The molecule has 0 saturated heterocycles. The molecule has 2 N–H and O–H groups in total. The molecule has 106 valence electrons. The lowest BCUT2D eigenvalue weighted by Gasteiger charge is -2.27. The van der Waals surface area contributed by atoms with E-state index in [1.165, 1.54) is 12.8 Å². The summed E-state index contributed by atoms with van der Waals surface area (Å²) < 4.78 is 16.7. The van der Waals surface area contributed by atoms with Crippen LogP contribution in [0.2, 0.25) is 0 Å². The van der Waals surface area contributed by atoms with Crippen molar-refractivity contribution in [2.75, 3.05) is 20.8 Å². The fourth-order valence-electron chi connectivity index (χ4n) is 2.60. The normalized spacial score (nSPS) is 17.4. The Kier molecular flexibility index (Phi) is 4.61. The molecule has 0 radical (unpaired) electrons. The molecular weight excluding hydrogens is 244 g/mol. The molecule has 19 heavy (non-hydrogen) atoms. The average molecular weight is 266 g/mol. The molecule has 1 aliphatic rings. The van der Waals surface area contributed by atoms with Gasteiger partial charge in [0, 0.05) is 18.8 Å². The predicted molar refractivity (Wildman–Crippen MR) is 72.4 cm³/mol. The van der Waals surface area contributed by atoms with Gasteiger partial charge in [-0.3, -0.25) is 4.98 Å². The van der Waals surface area contributed by atoms with Gasteiger partial charge in [-0.15, -0.1) is 0 Å². The van der Waals surface area contributed by atoms with Crippen LogP contribution in [0.3, 0.4) is 0 Å². The molecule has 0 atom stereocenters. The number of ether oxygens (including phenoxy) is 3. The molecular formula is C14H22N2O3. The molecule has 0 aromatic carbocycles. The first kappa shape index (κ1) is 14.1. The minimum absolute atomic E-state index is 0.185. The number of nitrogens with zero attached hydrogens (tertiary/aromatic N) is 1. The van der Waals surface area contributed by atoms with E-state index < -0.39 is 0 Å². The maximum atomic E-state index is 6.04. The Labute approximate surface area is 114 Å². The van der Waals surface area contributed by atoms with Crippen LogP contribution in [0, 0.1) is 0 Å². The maximum absolute atomic E-state index is 6.04. The van der Waals surface area contributed by atoms with Crippen LogP contribution in [-0.4, -0.2) is 31.3 Å². The Hall–Kier alpha value is -1.33. The van der Waals surface area contributed by atoms with Gasteiger partial charge in [-0.2, -0.15) is 0 Å². The lowest BCUT2D eigenvalue weighted by molar-refractivity contribution is -0.0468. The number of methoxy groups -OCH3 is 2. The van der Waals surface area contributed by atoms with Crippen molar-refractivity contribution >= 4 is 0 Å². The number of pyridine rings is 1. The summed E-state index contributed by atoms with van der Waals surface area (Å²) in [7, 11) is 3.22. The van der Waals surface area contributed by atoms with Crippen molar-refractivity contribution in [2.24, 2.45) is 5.73 Å². The number of hydrogen-bond acceptors (Lipinski definition) is 5. The van der Waals surface area contributed by atoms with Crippen LogP contribution in [0.15, 0.2) is 12.3 Å². The Balaban J connectivity index is 2.10. The summed E-state index contributed by atoms with van der Waals surface area (Å²) in [6.45, 7) is 0.955. The third kappa shape index (κ3) is 2.98. The predicted octanol–water partition coefficient (Wildman–Crippen LogP) is 1.89. The van der Waals surface area contributed by atoms with E-state index in [-0.39, 0.29) is 5.60 Å². The quantitative estimate of drug-likeness (QED) is 0.851. The summed E-state index contributed by atoms with van der Waals surface area (Å²) in [6.07, 6.45) is 6.11. The molecule has 1 fully saturated rings. The van der Waals surface area contributed by atoms with Gasteiger partial charge in [0.25, 0.3) is 0 Å². The minimum Gasteiger partial charge on any atom is -0.493 e. The van der Waals surface area contributed by atoms with Crippen LogP contribution in [-0.2, 0) is 11.3 Å². The Morgan fingerprint density at radius 1 is 1.26 bits per heavy atom. The summed E-state index contributed by atoms with van der Waals surface area (Å²) in [4.78, 5) is 4.31. The minimum atomic E-state index is -0.185.